The molecule has 0 amide bonds. The molecule has 0 spiro atoms. The van der Waals surface area contributed by atoms with Crippen molar-refractivity contribution in [3.8, 4) is 5.75 Å². The van der Waals surface area contributed by atoms with E-state index in [0.29, 0.717) is 12.3 Å². The molecule has 1 atom stereocenters. The first-order valence-electron chi connectivity index (χ1n) is 8.23. The van der Waals surface area contributed by atoms with Crippen LogP contribution in [0, 0.1) is 11.2 Å². The van der Waals surface area contributed by atoms with Crippen molar-refractivity contribution in [2.75, 3.05) is 40.8 Å². The molecule has 0 bridgehead atoms. The number of hydrogen-bond acceptors (Lipinski definition) is 3. The lowest BCUT2D eigenvalue weighted by molar-refractivity contribution is 0.222. The largest absolute Gasteiger partial charge is 0.489 e. The average Bonchev–Trinajstić information content (AvgIpc) is 2.48. The van der Waals surface area contributed by atoms with Crippen LogP contribution in [0.25, 0.3) is 0 Å². The summed E-state index contributed by atoms with van der Waals surface area (Å²) in [5, 5.41) is 6.60. The normalized spacial score (nSPS) is 13.8. The van der Waals surface area contributed by atoms with Crippen LogP contribution in [-0.2, 0) is 0 Å². The third-order valence-corrected chi connectivity index (χ3v) is 3.41. The van der Waals surface area contributed by atoms with Gasteiger partial charge < -0.3 is 20.3 Å². The molecule has 24 heavy (non-hydrogen) atoms. The standard InChI is InChI=1S/C18H31FN4O/c1-14(24-16-9-7-15(19)8-10-16)11-21-17(20-4)22-12-18(2,3)13-23(5)6/h7-10,14H,11-13H2,1-6H3,(H2,20,21,22). The number of guanidine groups is 1. The van der Waals surface area contributed by atoms with Crippen LogP contribution in [0.2, 0.25) is 0 Å². The Labute approximate surface area is 145 Å². The van der Waals surface area contributed by atoms with Crippen molar-refractivity contribution in [2.45, 2.75) is 26.9 Å². The lowest BCUT2D eigenvalue weighted by Crippen LogP contribution is -2.46. The van der Waals surface area contributed by atoms with Crippen LogP contribution < -0.4 is 15.4 Å². The second-order valence-electron chi connectivity index (χ2n) is 7.09. The highest BCUT2D eigenvalue weighted by molar-refractivity contribution is 5.79. The fraction of sp³-hybridized carbons (Fsp3) is 0.611. The molecule has 6 heteroatoms. The Morgan fingerprint density at radius 3 is 2.42 bits per heavy atom. The molecule has 136 valence electrons. The van der Waals surface area contributed by atoms with E-state index in [2.05, 4.69) is 48.5 Å². The summed E-state index contributed by atoms with van der Waals surface area (Å²) in [6.07, 6.45) is -0.0659. The van der Waals surface area contributed by atoms with E-state index in [9.17, 15) is 4.39 Å². The molecule has 1 aromatic rings. The van der Waals surface area contributed by atoms with Gasteiger partial charge in [0.15, 0.2) is 5.96 Å². The Balaban J connectivity index is 2.39. The molecule has 2 N–H and O–H groups in total. The quantitative estimate of drug-likeness (QED) is 0.564. The summed E-state index contributed by atoms with van der Waals surface area (Å²) in [4.78, 5) is 6.41. The van der Waals surface area contributed by atoms with Gasteiger partial charge in [0, 0.05) is 20.1 Å². The second-order valence-corrected chi connectivity index (χ2v) is 7.09. The van der Waals surface area contributed by atoms with Crippen LogP contribution in [-0.4, -0.2) is 57.7 Å². The highest BCUT2D eigenvalue weighted by Crippen LogP contribution is 2.14. The Kier molecular flexibility index (Phi) is 7.98. The Hall–Kier alpha value is -1.82. The third kappa shape index (κ3) is 8.15. The molecule has 0 aliphatic carbocycles. The van der Waals surface area contributed by atoms with Crippen LogP contribution in [0.5, 0.6) is 5.75 Å². The molecule has 1 aromatic carbocycles. The summed E-state index contributed by atoms with van der Waals surface area (Å²) in [7, 11) is 5.90. The summed E-state index contributed by atoms with van der Waals surface area (Å²) in [6, 6.07) is 6.04. The van der Waals surface area contributed by atoms with Crippen LogP contribution in [0.4, 0.5) is 4.39 Å². The Bertz CT molecular complexity index is 514. The first-order valence-corrected chi connectivity index (χ1v) is 8.23. The number of ether oxygens (including phenoxy) is 1. The molecule has 0 saturated heterocycles. The van der Waals surface area contributed by atoms with E-state index >= 15 is 0 Å². The minimum atomic E-state index is -0.266. The molecule has 0 fully saturated rings. The Morgan fingerprint density at radius 1 is 1.25 bits per heavy atom. The number of hydrogen-bond donors (Lipinski definition) is 2. The van der Waals surface area contributed by atoms with Gasteiger partial charge in [-0.25, -0.2) is 4.39 Å². The van der Waals surface area contributed by atoms with Gasteiger partial charge in [-0.3, -0.25) is 4.99 Å². The van der Waals surface area contributed by atoms with Crippen LogP contribution >= 0.6 is 0 Å². The summed E-state index contributed by atoms with van der Waals surface area (Å²) in [5.41, 5.74) is 0.136. The second kappa shape index (κ2) is 9.47. The highest BCUT2D eigenvalue weighted by Gasteiger charge is 2.19. The molecule has 1 unspecified atom stereocenters. The summed E-state index contributed by atoms with van der Waals surface area (Å²) < 4.78 is 18.6. The van der Waals surface area contributed by atoms with E-state index in [1.54, 1.807) is 19.2 Å². The van der Waals surface area contributed by atoms with Gasteiger partial charge in [0.1, 0.15) is 17.7 Å². The van der Waals surface area contributed by atoms with Crippen LogP contribution in [0.3, 0.4) is 0 Å². The van der Waals surface area contributed by atoms with E-state index < -0.39 is 0 Å². The van der Waals surface area contributed by atoms with E-state index in [4.69, 9.17) is 4.74 Å². The zero-order chi connectivity index (χ0) is 18.2. The number of benzene rings is 1. The molecular weight excluding hydrogens is 307 g/mol. The van der Waals surface area contributed by atoms with Crippen molar-refractivity contribution in [3.05, 3.63) is 30.1 Å². The zero-order valence-electron chi connectivity index (χ0n) is 15.7. The Morgan fingerprint density at radius 2 is 1.88 bits per heavy atom. The van der Waals surface area contributed by atoms with Gasteiger partial charge in [0.2, 0.25) is 0 Å². The smallest absolute Gasteiger partial charge is 0.191 e. The van der Waals surface area contributed by atoms with Crippen molar-refractivity contribution < 1.29 is 9.13 Å². The summed E-state index contributed by atoms with van der Waals surface area (Å²) >= 11 is 0. The topological polar surface area (TPSA) is 48.9 Å². The maximum atomic E-state index is 12.9. The molecule has 5 nitrogen and oxygen atoms in total. The average molecular weight is 338 g/mol. The molecule has 0 heterocycles. The van der Waals surface area contributed by atoms with E-state index in [0.717, 1.165) is 19.0 Å². The van der Waals surface area contributed by atoms with Crippen molar-refractivity contribution in [1.82, 2.24) is 15.5 Å². The number of aliphatic imine (C=N–C) groups is 1. The minimum absolute atomic E-state index is 0.0659. The molecule has 0 saturated carbocycles. The number of rotatable bonds is 8. The molecule has 1 rings (SSSR count). The highest BCUT2D eigenvalue weighted by atomic mass is 19.1. The predicted molar refractivity (Wildman–Crippen MR) is 98.2 cm³/mol. The number of halogens is 1. The van der Waals surface area contributed by atoms with Gasteiger partial charge in [-0.05, 0) is 50.7 Å². The maximum absolute atomic E-state index is 12.9. The first kappa shape index (κ1) is 20.2. The first-order chi connectivity index (χ1) is 11.2. The number of nitrogens with zero attached hydrogens (tertiary/aromatic N) is 2. The van der Waals surface area contributed by atoms with Crippen LogP contribution in [0.15, 0.2) is 29.3 Å². The van der Waals surface area contributed by atoms with Gasteiger partial charge in [0.25, 0.3) is 0 Å². The summed E-state index contributed by atoms with van der Waals surface area (Å²) in [5.74, 6) is 1.13. The zero-order valence-corrected chi connectivity index (χ0v) is 15.7. The van der Waals surface area contributed by atoms with E-state index in [-0.39, 0.29) is 17.3 Å². The molecular formula is C18H31FN4O. The lowest BCUT2D eigenvalue weighted by atomic mass is 9.93. The van der Waals surface area contributed by atoms with E-state index in [1.165, 1.54) is 12.1 Å². The monoisotopic (exact) mass is 338 g/mol. The fourth-order valence-electron chi connectivity index (χ4n) is 2.48. The van der Waals surface area contributed by atoms with Gasteiger partial charge >= 0.3 is 0 Å². The molecule has 0 aliphatic heterocycles. The van der Waals surface area contributed by atoms with Crippen LogP contribution in [0.1, 0.15) is 20.8 Å². The summed E-state index contributed by atoms with van der Waals surface area (Å²) in [6.45, 7) is 8.80. The predicted octanol–water partition coefficient (Wildman–Crippen LogP) is 2.35. The number of nitrogens with one attached hydrogen (secondary N) is 2. The van der Waals surface area contributed by atoms with Crippen molar-refractivity contribution in [3.63, 3.8) is 0 Å². The van der Waals surface area contributed by atoms with Crippen molar-refractivity contribution in [2.24, 2.45) is 10.4 Å². The molecule has 0 aromatic heterocycles. The minimum Gasteiger partial charge on any atom is -0.489 e. The SMILES string of the molecule is CN=C(NCC(C)Oc1ccc(F)cc1)NCC(C)(C)CN(C)C. The molecule has 0 aliphatic rings. The molecule has 0 radical (unpaired) electrons. The van der Waals surface area contributed by atoms with Crippen molar-refractivity contribution >= 4 is 5.96 Å². The van der Waals surface area contributed by atoms with Gasteiger partial charge in [0.05, 0.1) is 6.54 Å². The van der Waals surface area contributed by atoms with E-state index in [1.807, 2.05) is 6.92 Å². The van der Waals surface area contributed by atoms with Gasteiger partial charge in [-0.1, -0.05) is 13.8 Å². The van der Waals surface area contributed by atoms with Crippen molar-refractivity contribution in [1.29, 1.82) is 0 Å². The maximum Gasteiger partial charge on any atom is 0.191 e. The van der Waals surface area contributed by atoms with Gasteiger partial charge in [-0.2, -0.15) is 0 Å². The third-order valence-electron chi connectivity index (χ3n) is 3.41. The van der Waals surface area contributed by atoms with Gasteiger partial charge in [-0.15, -0.1) is 0 Å². The fourth-order valence-corrected chi connectivity index (χ4v) is 2.48. The lowest BCUT2D eigenvalue weighted by Gasteiger charge is -2.29.